The number of rotatable bonds is 7. The summed E-state index contributed by atoms with van der Waals surface area (Å²) in [4.78, 5) is 31.7. The lowest BCUT2D eigenvalue weighted by Crippen LogP contribution is -2.53. The van der Waals surface area contributed by atoms with E-state index in [2.05, 4.69) is 40.1 Å². The SMILES string of the molecule is CCOC(=O)CN(C(=O)OC(C)(C)C)C1CCN(C2CCN(Cc3ccccc3)CC2)CC1. The van der Waals surface area contributed by atoms with Crippen molar-refractivity contribution in [2.75, 3.05) is 39.3 Å². The summed E-state index contributed by atoms with van der Waals surface area (Å²) >= 11 is 0. The first-order valence-corrected chi connectivity index (χ1v) is 12.4. The average molecular weight is 460 g/mol. The van der Waals surface area contributed by atoms with Crippen LogP contribution in [-0.4, -0.2) is 83.8 Å². The first kappa shape index (κ1) is 25.5. The molecular weight excluding hydrogens is 418 g/mol. The Bertz CT molecular complexity index is 749. The van der Waals surface area contributed by atoms with Gasteiger partial charge in [-0.25, -0.2) is 4.79 Å². The molecule has 2 aliphatic rings. The van der Waals surface area contributed by atoms with Crippen LogP contribution in [0.1, 0.15) is 58.9 Å². The van der Waals surface area contributed by atoms with Crippen LogP contribution in [0.2, 0.25) is 0 Å². The Morgan fingerprint density at radius 2 is 1.64 bits per heavy atom. The Morgan fingerprint density at radius 1 is 1.00 bits per heavy atom. The summed E-state index contributed by atoms with van der Waals surface area (Å²) in [6.45, 7) is 12.7. The van der Waals surface area contributed by atoms with Crippen molar-refractivity contribution < 1.29 is 19.1 Å². The van der Waals surface area contributed by atoms with E-state index in [9.17, 15) is 9.59 Å². The number of benzene rings is 1. The molecular formula is C26H41N3O4. The van der Waals surface area contributed by atoms with E-state index >= 15 is 0 Å². The van der Waals surface area contributed by atoms with Gasteiger partial charge in [0.05, 0.1) is 6.61 Å². The second-order valence-electron chi connectivity index (χ2n) is 10.2. The van der Waals surface area contributed by atoms with Crippen LogP contribution >= 0.6 is 0 Å². The van der Waals surface area contributed by atoms with Crippen molar-refractivity contribution in [2.45, 2.75) is 77.6 Å². The summed E-state index contributed by atoms with van der Waals surface area (Å²) in [6, 6.07) is 11.3. The molecule has 0 radical (unpaired) electrons. The van der Waals surface area contributed by atoms with Crippen molar-refractivity contribution >= 4 is 12.1 Å². The lowest BCUT2D eigenvalue weighted by atomic mass is 9.97. The van der Waals surface area contributed by atoms with E-state index in [1.807, 2.05) is 20.8 Å². The van der Waals surface area contributed by atoms with Crippen molar-refractivity contribution in [1.29, 1.82) is 0 Å². The summed E-state index contributed by atoms with van der Waals surface area (Å²) < 4.78 is 10.7. The molecule has 7 heteroatoms. The van der Waals surface area contributed by atoms with Crippen LogP contribution in [0.3, 0.4) is 0 Å². The topological polar surface area (TPSA) is 62.3 Å². The minimum Gasteiger partial charge on any atom is -0.465 e. The maximum absolute atomic E-state index is 12.8. The molecule has 0 bridgehead atoms. The Labute approximate surface area is 199 Å². The van der Waals surface area contributed by atoms with Crippen LogP contribution in [0.15, 0.2) is 30.3 Å². The van der Waals surface area contributed by atoms with Gasteiger partial charge in [0.15, 0.2) is 0 Å². The van der Waals surface area contributed by atoms with Gasteiger partial charge >= 0.3 is 12.1 Å². The number of piperidine rings is 2. The quantitative estimate of drug-likeness (QED) is 0.576. The molecule has 0 atom stereocenters. The number of esters is 1. The fourth-order valence-electron chi connectivity index (χ4n) is 4.86. The number of nitrogens with zero attached hydrogens (tertiary/aromatic N) is 3. The minimum atomic E-state index is -0.599. The normalized spacial score (nSPS) is 19.3. The molecule has 0 N–H and O–H groups in total. The molecule has 3 rings (SSSR count). The van der Waals surface area contributed by atoms with E-state index < -0.39 is 11.7 Å². The largest absolute Gasteiger partial charge is 0.465 e. The second-order valence-corrected chi connectivity index (χ2v) is 10.2. The molecule has 184 valence electrons. The van der Waals surface area contributed by atoms with Gasteiger partial charge in [-0.15, -0.1) is 0 Å². The Balaban J connectivity index is 1.50. The van der Waals surface area contributed by atoms with Crippen molar-refractivity contribution in [2.24, 2.45) is 0 Å². The standard InChI is InChI=1S/C26H41N3O4/c1-5-32-24(30)20-29(25(31)33-26(2,3)4)23-13-17-28(18-14-23)22-11-15-27(16-12-22)19-21-9-7-6-8-10-21/h6-10,22-23H,5,11-20H2,1-4H3. The van der Waals surface area contributed by atoms with E-state index in [0.29, 0.717) is 12.6 Å². The van der Waals surface area contributed by atoms with Gasteiger partial charge in [-0.2, -0.15) is 0 Å². The third-order valence-electron chi connectivity index (χ3n) is 6.50. The van der Waals surface area contributed by atoms with Crippen molar-refractivity contribution in [3.63, 3.8) is 0 Å². The highest BCUT2D eigenvalue weighted by Crippen LogP contribution is 2.25. The number of hydrogen-bond donors (Lipinski definition) is 0. The van der Waals surface area contributed by atoms with Crippen molar-refractivity contribution in [1.82, 2.24) is 14.7 Å². The third-order valence-corrected chi connectivity index (χ3v) is 6.50. The summed E-state index contributed by atoms with van der Waals surface area (Å²) in [5, 5.41) is 0. The van der Waals surface area contributed by atoms with Crippen LogP contribution < -0.4 is 0 Å². The van der Waals surface area contributed by atoms with Gasteiger partial charge < -0.3 is 14.4 Å². The Morgan fingerprint density at radius 3 is 2.21 bits per heavy atom. The van der Waals surface area contributed by atoms with Gasteiger partial charge in [0, 0.05) is 31.7 Å². The molecule has 2 heterocycles. The Hall–Kier alpha value is -2.12. The highest BCUT2D eigenvalue weighted by Gasteiger charge is 2.35. The highest BCUT2D eigenvalue weighted by molar-refractivity contribution is 5.78. The molecule has 0 aliphatic carbocycles. The van der Waals surface area contributed by atoms with E-state index in [-0.39, 0.29) is 18.6 Å². The zero-order valence-corrected chi connectivity index (χ0v) is 20.8. The van der Waals surface area contributed by atoms with E-state index in [1.165, 1.54) is 18.4 Å². The maximum atomic E-state index is 12.8. The molecule has 2 fully saturated rings. The summed E-state index contributed by atoms with van der Waals surface area (Å²) in [5.74, 6) is -0.378. The van der Waals surface area contributed by atoms with Crippen molar-refractivity contribution in [3.05, 3.63) is 35.9 Å². The molecule has 0 saturated carbocycles. The van der Waals surface area contributed by atoms with E-state index in [4.69, 9.17) is 9.47 Å². The highest BCUT2D eigenvalue weighted by atomic mass is 16.6. The summed E-state index contributed by atoms with van der Waals surface area (Å²) in [6.07, 6.45) is 3.63. The van der Waals surface area contributed by atoms with Gasteiger partial charge in [-0.1, -0.05) is 30.3 Å². The third kappa shape index (κ3) is 8.00. The Kier molecular flexibility index (Phi) is 9.15. The first-order chi connectivity index (χ1) is 15.7. The first-order valence-electron chi connectivity index (χ1n) is 12.4. The second kappa shape index (κ2) is 11.8. The van der Waals surface area contributed by atoms with Gasteiger partial charge in [-0.05, 0) is 72.0 Å². The zero-order valence-electron chi connectivity index (χ0n) is 20.8. The lowest BCUT2D eigenvalue weighted by molar-refractivity contribution is -0.145. The lowest BCUT2D eigenvalue weighted by Gasteiger charge is -2.43. The van der Waals surface area contributed by atoms with Crippen LogP contribution in [0.5, 0.6) is 0 Å². The van der Waals surface area contributed by atoms with Gasteiger partial charge in [-0.3, -0.25) is 14.6 Å². The molecule has 1 amide bonds. The van der Waals surface area contributed by atoms with Crippen LogP contribution in [0.25, 0.3) is 0 Å². The summed E-state index contributed by atoms with van der Waals surface area (Å²) in [7, 11) is 0. The molecule has 1 aromatic carbocycles. The fraction of sp³-hybridized carbons (Fsp3) is 0.692. The minimum absolute atomic E-state index is 0.00123. The molecule has 0 unspecified atom stereocenters. The zero-order chi connectivity index (χ0) is 23.8. The smallest absolute Gasteiger partial charge is 0.411 e. The molecule has 33 heavy (non-hydrogen) atoms. The molecule has 0 aromatic heterocycles. The predicted octanol–water partition coefficient (Wildman–Crippen LogP) is 3.92. The molecule has 2 saturated heterocycles. The van der Waals surface area contributed by atoms with E-state index in [0.717, 1.165) is 45.6 Å². The molecule has 0 spiro atoms. The average Bonchev–Trinajstić information content (AvgIpc) is 2.78. The summed E-state index contributed by atoms with van der Waals surface area (Å²) in [5.41, 5.74) is 0.777. The van der Waals surface area contributed by atoms with E-state index in [1.54, 1.807) is 11.8 Å². The number of carbonyl (C=O) groups excluding carboxylic acids is 2. The number of hydrogen-bond acceptors (Lipinski definition) is 6. The number of amides is 1. The fourth-order valence-corrected chi connectivity index (χ4v) is 4.86. The number of likely N-dealkylation sites (tertiary alicyclic amines) is 2. The maximum Gasteiger partial charge on any atom is 0.411 e. The van der Waals surface area contributed by atoms with Crippen LogP contribution in [0.4, 0.5) is 4.79 Å². The van der Waals surface area contributed by atoms with Gasteiger partial charge in [0.25, 0.3) is 0 Å². The molecule has 2 aliphatic heterocycles. The number of carbonyl (C=O) groups is 2. The monoisotopic (exact) mass is 459 g/mol. The predicted molar refractivity (Wildman–Crippen MR) is 129 cm³/mol. The van der Waals surface area contributed by atoms with Crippen LogP contribution in [-0.2, 0) is 20.8 Å². The van der Waals surface area contributed by atoms with Crippen molar-refractivity contribution in [3.8, 4) is 0 Å². The van der Waals surface area contributed by atoms with Gasteiger partial charge in [0.1, 0.15) is 12.1 Å². The number of ether oxygens (including phenoxy) is 2. The molecule has 7 nitrogen and oxygen atoms in total. The van der Waals surface area contributed by atoms with Gasteiger partial charge in [0.2, 0.25) is 0 Å². The van der Waals surface area contributed by atoms with Crippen LogP contribution in [0, 0.1) is 0 Å². The molecule has 1 aromatic rings.